The Hall–Kier alpha value is -2.24. The SMILES string of the molecule is CC[NH+](CC(=O)NCCOc1ccc(Cl)cc1)Cc1ccc(N(C)C)cc1. The Morgan fingerprint density at radius 2 is 1.78 bits per heavy atom. The second kappa shape index (κ2) is 10.8. The maximum absolute atomic E-state index is 12.2. The number of hydrogen-bond acceptors (Lipinski definition) is 3. The number of amides is 1. The number of carbonyl (C=O) groups is 1. The van der Waals surface area contributed by atoms with Gasteiger partial charge in [0.1, 0.15) is 18.9 Å². The quantitative estimate of drug-likeness (QED) is 0.610. The predicted molar refractivity (Wildman–Crippen MR) is 111 cm³/mol. The van der Waals surface area contributed by atoms with Gasteiger partial charge in [0.2, 0.25) is 0 Å². The van der Waals surface area contributed by atoms with Gasteiger partial charge in [-0.15, -0.1) is 0 Å². The molecule has 146 valence electrons. The van der Waals surface area contributed by atoms with Gasteiger partial charge < -0.3 is 19.9 Å². The van der Waals surface area contributed by atoms with Crippen LogP contribution in [0.3, 0.4) is 0 Å². The van der Waals surface area contributed by atoms with Crippen LogP contribution in [0.15, 0.2) is 48.5 Å². The number of hydrogen-bond donors (Lipinski definition) is 2. The highest BCUT2D eigenvalue weighted by atomic mass is 35.5. The van der Waals surface area contributed by atoms with Crippen LogP contribution in [-0.4, -0.2) is 46.2 Å². The van der Waals surface area contributed by atoms with Gasteiger partial charge in [0.05, 0.1) is 13.1 Å². The molecular formula is C21H29ClN3O2+. The fourth-order valence-corrected chi connectivity index (χ4v) is 2.82. The first-order valence-corrected chi connectivity index (χ1v) is 9.60. The molecule has 1 amide bonds. The van der Waals surface area contributed by atoms with Crippen molar-refractivity contribution in [1.29, 1.82) is 0 Å². The van der Waals surface area contributed by atoms with Crippen molar-refractivity contribution in [3.63, 3.8) is 0 Å². The molecule has 0 fully saturated rings. The molecule has 27 heavy (non-hydrogen) atoms. The van der Waals surface area contributed by atoms with Crippen LogP contribution in [0.1, 0.15) is 12.5 Å². The van der Waals surface area contributed by atoms with Gasteiger partial charge in [-0.1, -0.05) is 23.7 Å². The van der Waals surface area contributed by atoms with Crippen molar-refractivity contribution in [1.82, 2.24) is 5.32 Å². The lowest BCUT2D eigenvalue weighted by molar-refractivity contribution is -0.904. The summed E-state index contributed by atoms with van der Waals surface area (Å²) in [5, 5.41) is 3.60. The smallest absolute Gasteiger partial charge is 0.275 e. The van der Waals surface area contributed by atoms with Crippen molar-refractivity contribution in [2.45, 2.75) is 13.5 Å². The van der Waals surface area contributed by atoms with E-state index in [0.717, 1.165) is 18.8 Å². The molecule has 0 saturated heterocycles. The molecule has 0 bridgehead atoms. The fraction of sp³-hybridized carbons (Fsp3) is 0.381. The third-order valence-corrected chi connectivity index (χ3v) is 4.58. The maximum atomic E-state index is 12.2. The molecule has 2 rings (SSSR count). The van der Waals surface area contributed by atoms with E-state index in [2.05, 4.69) is 41.4 Å². The zero-order valence-corrected chi connectivity index (χ0v) is 17.1. The summed E-state index contributed by atoms with van der Waals surface area (Å²) in [6, 6.07) is 15.7. The topological polar surface area (TPSA) is 46.0 Å². The molecule has 5 nitrogen and oxygen atoms in total. The lowest BCUT2D eigenvalue weighted by Gasteiger charge is -2.18. The third kappa shape index (κ3) is 7.49. The van der Waals surface area contributed by atoms with E-state index < -0.39 is 0 Å². The Morgan fingerprint density at radius 3 is 2.37 bits per heavy atom. The second-order valence-corrected chi connectivity index (χ2v) is 7.11. The summed E-state index contributed by atoms with van der Waals surface area (Å²) in [6.45, 7) is 5.19. The van der Waals surface area contributed by atoms with E-state index in [1.165, 1.54) is 16.2 Å². The first kappa shape index (κ1) is 21.1. The normalized spacial score (nSPS) is 11.7. The number of halogens is 1. The molecule has 0 aliphatic rings. The van der Waals surface area contributed by atoms with Crippen molar-refractivity contribution >= 4 is 23.2 Å². The van der Waals surface area contributed by atoms with Gasteiger partial charge in [0.25, 0.3) is 5.91 Å². The van der Waals surface area contributed by atoms with E-state index in [0.29, 0.717) is 24.7 Å². The average molecular weight is 391 g/mol. The van der Waals surface area contributed by atoms with Crippen molar-refractivity contribution < 1.29 is 14.4 Å². The summed E-state index contributed by atoms with van der Waals surface area (Å²) >= 11 is 5.84. The van der Waals surface area contributed by atoms with E-state index in [1.807, 2.05) is 26.2 Å². The summed E-state index contributed by atoms with van der Waals surface area (Å²) in [5.41, 5.74) is 2.41. The highest BCUT2D eigenvalue weighted by Crippen LogP contribution is 2.15. The van der Waals surface area contributed by atoms with Gasteiger partial charge in [0.15, 0.2) is 6.54 Å². The monoisotopic (exact) mass is 390 g/mol. The molecule has 2 N–H and O–H groups in total. The standard InChI is InChI=1S/C21H28ClN3O2/c1-4-25(15-17-5-9-19(10-6-17)24(2)3)16-21(26)23-13-14-27-20-11-7-18(22)8-12-20/h5-12H,4,13-16H2,1-3H3,(H,23,26)/p+1. The van der Waals surface area contributed by atoms with E-state index in [-0.39, 0.29) is 5.91 Å². The molecule has 1 atom stereocenters. The van der Waals surface area contributed by atoms with Crippen molar-refractivity contribution in [2.75, 3.05) is 45.2 Å². The Morgan fingerprint density at radius 1 is 1.11 bits per heavy atom. The molecule has 1 unspecified atom stereocenters. The van der Waals surface area contributed by atoms with Gasteiger partial charge in [-0.05, 0) is 43.3 Å². The van der Waals surface area contributed by atoms with E-state index >= 15 is 0 Å². The Kier molecular flexibility index (Phi) is 8.43. The molecule has 2 aromatic carbocycles. The van der Waals surface area contributed by atoms with Crippen LogP contribution >= 0.6 is 11.6 Å². The number of nitrogens with one attached hydrogen (secondary N) is 2. The molecular weight excluding hydrogens is 362 g/mol. The molecule has 6 heteroatoms. The van der Waals surface area contributed by atoms with Crippen LogP contribution in [0.2, 0.25) is 5.02 Å². The van der Waals surface area contributed by atoms with E-state index in [1.54, 1.807) is 12.1 Å². The van der Waals surface area contributed by atoms with Gasteiger partial charge in [-0.3, -0.25) is 4.79 Å². The molecule has 0 radical (unpaired) electrons. The van der Waals surface area contributed by atoms with Crippen LogP contribution in [0.5, 0.6) is 5.75 Å². The molecule has 0 heterocycles. The lowest BCUT2D eigenvalue weighted by Crippen LogP contribution is -3.11. The average Bonchev–Trinajstić information content (AvgIpc) is 2.66. The van der Waals surface area contributed by atoms with Gasteiger partial charge in [-0.25, -0.2) is 0 Å². The highest BCUT2D eigenvalue weighted by Gasteiger charge is 2.13. The second-order valence-electron chi connectivity index (χ2n) is 6.67. The van der Waals surface area contributed by atoms with Gasteiger partial charge >= 0.3 is 0 Å². The summed E-state index contributed by atoms with van der Waals surface area (Å²) in [6.07, 6.45) is 0. The number of benzene rings is 2. The minimum atomic E-state index is 0.0384. The molecule has 0 aliphatic heterocycles. The first-order valence-electron chi connectivity index (χ1n) is 9.23. The van der Waals surface area contributed by atoms with Crippen molar-refractivity contribution in [3.8, 4) is 5.75 Å². The Balaban J connectivity index is 1.71. The minimum Gasteiger partial charge on any atom is -0.492 e. The minimum absolute atomic E-state index is 0.0384. The predicted octanol–water partition coefficient (Wildman–Crippen LogP) is 2.01. The third-order valence-electron chi connectivity index (χ3n) is 4.32. The van der Waals surface area contributed by atoms with Crippen LogP contribution in [0, 0.1) is 0 Å². The number of rotatable bonds is 10. The number of anilines is 1. The number of likely N-dealkylation sites (N-methyl/N-ethyl adjacent to an activating group) is 1. The van der Waals surface area contributed by atoms with Crippen LogP contribution in [-0.2, 0) is 11.3 Å². The number of nitrogens with zero attached hydrogens (tertiary/aromatic N) is 1. The van der Waals surface area contributed by atoms with Crippen LogP contribution in [0.25, 0.3) is 0 Å². The number of carbonyl (C=O) groups excluding carboxylic acids is 1. The highest BCUT2D eigenvalue weighted by molar-refractivity contribution is 6.30. The number of quaternary nitrogens is 1. The van der Waals surface area contributed by atoms with Crippen LogP contribution < -0.4 is 19.9 Å². The molecule has 2 aromatic rings. The molecule has 0 spiro atoms. The van der Waals surface area contributed by atoms with E-state index in [4.69, 9.17) is 16.3 Å². The summed E-state index contributed by atoms with van der Waals surface area (Å²) in [7, 11) is 4.05. The maximum Gasteiger partial charge on any atom is 0.275 e. The summed E-state index contributed by atoms with van der Waals surface area (Å²) < 4.78 is 5.58. The first-order chi connectivity index (χ1) is 13.0. The number of ether oxygens (including phenoxy) is 1. The molecule has 0 aliphatic carbocycles. The van der Waals surface area contributed by atoms with Crippen LogP contribution in [0.4, 0.5) is 5.69 Å². The summed E-state index contributed by atoms with van der Waals surface area (Å²) in [4.78, 5) is 15.5. The lowest BCUT2D eigenvalue weighted by atomic mass is 10.2. The summed E-state index contributed by atoms with van der Waals surface area (Å²) in [5.74, 6) is 0.784. The molecule has 0 aromatic heterocycles. The van der Waals surface area contributed by atoms with Crippen molar-refractivity contribution in [2.24, 2.45) is 0 Å². The fourth-order valence-electron chi connectivity index (χ4n) is 2.69. The van der Waals surface area contributed by atoms with Gasteiger partial charge in [0, 0.05) is 30.4 Å². The Labute approximate surface area is 166 Å². The molecule has 0 saturated carbocycles. The van der Waals surface area contributed by atoms with Gasteiger partial charge in [-0.2, -0.15) is 0 Å². The van der Waals surface area contributed by atoms with E-state index in [9.17, 15) is 4.79 Å². The zero-order valence-electron chi connectivity index (χ0n) is 16.3. The van der Waals surface area contributed by atoms with Crippen molar-refractivity contribution in [3.05, 3.63) is 59.1 Å². The Bertz CT molecular complexity index is 702. The largest absolute Gasteiger partial charge is 0.492 e. The zero-order chi connectivity index (χ0) is 19.6.